The SMILES string of the molecule is C=C(C)COc1ccc2cc(C3(O)c4ccccc4-c4ccccc43)ccc2c1. The fourth-order valence-corrected chi connectivity index (χ4v) is 4.27. The van der Waals surface area contributed by atoms with E-state index in [4.69, 9.17) is 4.74 Å². The number of fused-ring (bicyclic) bond motifs is 4. The molecule has 0 atom stereocenters. The minimum Gasteiger partial charge on any atom is -0.489 e. The maximum atomic E-state index is 12.0. The van der Waals surface area contributed by atoms with Crippen LogP contribution in [0.2, 0.25) is 0 Å². The molecule has 29 heavy (non-hydrogen) atoms. The van der Waals surface area contributed by atoms with Crippen LogP contribution in [0.1, 0.15) is 23.6 Å². The first kappa shape index (κ1) is 17.7. The van der Waals surface area contributed by atoms with Gasteiger partial charge in [0.15, 0.2) is 0 Å². The first-order chi connectivity index (χ1) is 14.1. The van der Waals surface area contributed by atoms with Crippen LogP contribution in [0.4, 0.5) is 0 Å². The van der Waals surface area contributed by atoms with Gasteiger partial charge in [-0.05, 0) is 58.2 Å². The summed E-state index contributed by atoms with van der Waals surface area (Å²) in [4.78, 5) is 0. The van der Waals surface area contributed by atoms with E-state index >= 15 is 0 Å². The predicted molar refractivity (Wildman–Crippen MR) is 118 cm³/mol. The standard InChI is InChI=1S/C27H22O2/c1-18(2)17-29-22-14-12-19-15-21(13-11-20(19)16-22)27(28)25-9-5-3-7-23(25)24-8-4-6-10-26(24)27/h3-16,28H,1,17H2,2H3. The lowest BCUT2D eigenvalue weighted by molar-refractivity contribution is 0.131. The molecule has 0 saturated heterocycles. The molecule has 4 aromatic rings. The summed E-state index contributed by atoms with van der Waals surface area (Å²) in [6.07, 6.45) is 0. The van der Waals surface area contributed by atoms with E-state index in [0.717, 1.165) is 49.9 Å². The van der Waals surface area contributed by atoms with Crippen molar-refractivity contribution in [3.8, 4) is 16.9 Å². The second-order valence-corrected chi connectivity index (χ2v) is 7.77. The third-order valence-electron chi connectivity index (χ3n) is 5.64. The summed E-state index contributed by atoms with van der Waals surface area (Å²) < 4.78 is 5.77. The zero-order valence-electron chi connectivity index (χ0n) is 16.4. The Kier molecular flexibility index (Phi) is 4.04. The van der Waals surface area contributed by atoms with Crippen molar-refractivity contribution in [2.24, 2.45) is 0 Å². The molecule has 0 radical (unpaired) electrons. The molecule has 1 N–H and O–H groups in total. The van der Waals surface area contributed by atoms with E-state index in [1.807, 2.05) is 67.6 Å². The Bertz CT molecular complexity index is 1210. The molecule has 0 aromatic heterocycles. The Labute approximate surface area is 170 Å². The second kappa shape index (κ2) is 6.61. The van der Waals surface area contributed by atoms with Crippen LogP contribution in [-0.4, -0.2) is 11.7 Å². The molecule has 142 valence electrons. The van der Waals surface area contributed by atoms with E-state index in [9.17, 15) is 5.11 Å². The maximum Gasteiger partial charge on any atom is 0.141 e. The lowest BCUT2D eigenvalue weighted by atomic mass is 9.83. The molecular formula is C27H22O2. The summed E-state index contributed by atoms with van der Waals surface area (Å²) in [5.74, 6) is 0.823. The van der Waals surface area contributed by atoms with Gasteiger partial charge in [-0.25, -0.2) is 0 Å². The van der Waals surface area contributed by atoms with Crippen LogP contribution >= 0.6 is 0 Å². The molecule has 0 fully saturated rings. The molecule has 0 unspecified atom stereocenters. The fraction of sp³-hybridized carbons (Fsp3) is 0.111. The third-order valence-corrected chi connectivity index (χ3v) is 5.64. The van der Waals surface area contributed by atoms with Gasteiger partial charge in [-0.3, -0.25) is 0 Å². The molecule has 0 heterocycles. The molecule has 2 heteroatoms. The predicted octanol–water partition coefficient (Wildman–Crippen LogP) is 6.06. The van der Waals surface area contributed by atoms with Crippen LogP contribution in [0.15, 0.2) is 97.1 Å². The van der Waals surface area contributed by atoms with E-state index in [2.05, 4.69) is 30.8 Å². The number of rotatable bonds is 4. The van der Waals surface area contributed by atoms with Crippen LogP contribution in [0, 0.1) is 0 Å². The molecule has 2 nitrogen and oxygen atoms in total. The van der Waals surface area contributed by atoms with Crippen molar-refractivity contribution in [2.45, 2.75) is 12.5 Å². The highest BCUT2D eigenvalue weighted by Crippen LogP contribution is 2.50. The number of aliphatic hydroxyl groups is 1. The molecule has 1 aliphatic carbocycles. The third kappa shape index (κ3) is 2.76. The highest BCUT2D eigenvalue weighted by atomic mass is 16.5. The summed E-state index contributed by atoms with van der Waals surface area (Å²) in [5.41, 5.74) is 4.75. The van der Waals surface area contributed by atoms with Gasteiger partial charge >= 0.3 is 0 Å². The summed E-state index contributed by atoms with van der Waals surface area (Å²) in [6.45, 7) is 6.34. The molecule has 0 spiro atoms. The van der Waals surface area contributed by atoms with Crippen molar-refractivity contribution in [1.29, 1.82) is 0 Å². The van der Waals surface area contributed by atoms with E-state index in [0.29, 0.717) is 6.61 Å². The zero-order valence-corrected chi connectivity index (χ0v) is 16.4. The van der Waals surface area contributed by atoms with Crippen LogP contribution < -0.4 is 4.74 Å². The van der Waals surface area contributed by atoms with Crippen molar-refractivity contribution in [3.63, 3.8) is 0 Å². The van der Waals surface area contributed by atoms with Crippen molar-refractivity contribution in [2.75, 3.05) is 6.61 Å². The second-order valence-electron chi connectivity index (χ2n) is 7.77. The first-order valence-corrected chi connectivity index (χ1v) is 9.80. The van der Waals surface area contributed by atoms with Gasteiger partial charge in [-0.1, -0.05) is 73.3 Å². The Balaban J connectivity index is 1.63. The Morgan fingerprint density at radius 2 is 1.41 bits per heavy atom. The minimum atomic E-state index is -1.16. The van der Waals surface area contributed by atoms with E-state index in [-0.39, 0.29) is 0 Å². The van der Waals surface area contributed by atoms with Crippen molar-refractivity contribution >= 4 is 10.8 Å². The van der Waals surface area contributed by atoms with Crippen LogP contribution in [0.3, 0.4) is 0 Å². The molecule has 5 rings (SSSR count). The van der Waals surface area contributed by atoms with Crippen molar-refractivity contribution in [3.05, 3.63) is 114 Å². The number of hydrogen-bond acceptors (Lipinski definition) is 2. The van der Waals surface area contributed by atoms with E-state index in [1.54, 1.807) is 0 Å². The molecular weight excluding hydrogens is 356 g/mol. The van der Waals surface area contributed by atoms with Gasteiger partial charge in [0, 0.05) is 11.1 Å². The molecule has 4 aromatic carbocycles. The van der Waals surface area contributed by atoms with Gasteiger partial charge < -0.3 is 9.84 Å². The number of benzene rings is 4. The summed E-state index contributed by atoms with van der Waals surface area (Å²) in [7, 11) is 0. The van der Waals surface area contributed by atoms with Crippen LogP contribution in [0.25, 0.3) is 21.9 Å². The minimum absolute atomic E-state index is 0.511. The van der Waals surface area contributed by atoms with Gasteiger partial charge in [0.25, 0.3) is 0 Å². The number of ether oxygens (including phenoxy) is 1. The van der Waals surface area contributed by atoms with Gasteiger partial charge in [0.05, 0.1) is 0 Å². The van der Waals surface area contributed by atoms with Gasteiger partial charge in [-0.2, -0.15) is 0 Å². The van der Waals surface area contributed by atoms with Crippen molar-refractivity contribution < 1.29 is 9.84 Å². The monoisotopic (exact) mass is 378 g/mol. The Morgan fingerprint density at radius 3 is 2.07 bits per heavy atom. The highest BCUT2D eigenvalue weighted by Gasteiger charge is 2.42. The average Bonchev–Trinajstić information content (AvgIpc) is 3.02. The lowest BCUT2D eigenvalue weighted by Gasteiger charge is -2.27. The molecule has 1 aliphatic rings. The summed E-state index contributed by atoms with van der Waals surface area (Å²) in [6, 6.07) is 28.4. The molecule has 0 bridgehead atoms. The average molecular weight is 378 g/mol. The van der Waals surface area contributed by atoms with Gasteiger partial charge in [-0.15, -0.1) is 0 Å². The van der Waals surface area contributed by atoms with Crippen LogP contribution in [0.5, 0.6) is 5.75 Å². The maximum absolute atomic E-state index is 12.0. The highest BCUT2D eigenvalue weighted by molar-refractivity contribution is 5.87. The van der Waals surface area contributed by atoms with Gasteiger partial charge in [0.2, 0.25) is 0 Å². The first-order valence-electron chi connectivity index (χ1n) is 9.80. The lowest BCUT2D eigenvalue weighted by Crippen LogP contribution is -2.26. The largest absolute Gasteiger partial charge is 0.489 e. The number of hydrogen-bond donors (Lipinski definition) is 1. The fourth-order valence-electron chi connectivity index (χ4n) is 4.27. The molecule has 0 amide bonds. The van der Waals surface area contributed by atoms with Gasteiger partial charge in [0.1, 0.15) is 18.0 Å². The Morgan fingerprint density at radius 1 is 0.828 bits per heavy atom. The van der Waals surface area contributed by atoms with E-state index in [1.165, 1.54) is 0 Å². The zero-order chi connectivity index (χ0) is 20.0. The quantitative estimate of drug-likeness (QED) is 0.437. The summed E-state index contributed by atoms with van der Waals surface area (Å²) in [5, 5.41) is 14.1. The smallest absolute Gasteiger partial charge is 0.141 e. The Hall–Kier alpha value is -3.36. The summed E-state index contributed by atoms with van der Waals surface area (Å²) >= 11 is 0. The topological polar surface area (TPSA) is 29.5 Å². The molecule has 0 saturated carbocycles. The molecule has 0 aliphatic heterocycles. The van der Waals surface area contributed by atoms with Crippen LogP contribution in [-0.2, 0) is 5.60 Å². The van der Waals surface area contributed by atoms with Crippen molar-refractivity contribution in [1.82, 2.24) is 0 Å². The normalized spacial score (nSPS) is 13.7. The van der Waals surface area contributed by atoms with E-state index < -0.39 is 5.60 Å².